The van der Waals surface area contributed by atoms with Gasteiger partial charge in [0.05, 0.1) is 34.0 Å². The van der Waals surface area contributed by atoms with Gasteiger partial charge in [0.2, 0.25) is 5.75 Å². The molecule has 0 aliphatic carbocycles. The molecule has 0 saturated carbocycles. The molecule has 0 aliphatic heterocycles. The number of benzene rings is 2. The average molecular weight is 332 g/mol. The van der Waals surface area contributed by atoms with E-state index in [2.05, 4.69) is 4.74 Å². The summed E-state index contributed by atoms with van der Waals surface area (Å²) < 4.78 is 26.3. The Labute approximate surface area is 140 Å². The van der Waals surface area contributed by atoms with E-state index in [0.29, 0.717) is 35.2 Å². The monoisotopic (exact) mass is 332 g/mol. The average Bonchev–Trinajstić information content (AvgIpc) is 2.65. The molecule has 0 amide bonds. The van der Waals surface area contributed by atoms with Gasteiger partial charge in [-0.3, -0.25) is 0 Å². The Balaban J connectivity index is 2.12. The molecule has 0 unspecified atom stereocenters. The first-order valence-electron chi connectivity index (χ1n) is 7.23. The fraction of sp³-hybridized carbons (Fsp3) is 0.278. The lowest BCUT2D eigenvalue weighted by Crippen LogP contribution is -2.02. The van der Waals surface area contributed by atoms with Crippen molar-refractivity contribution < 1.29 is 28.5 Å². The van der Waals surface area contributed by atoms with Gasteiger partial charge >= 0.3 is 5.97 Å². The predicted octanol–water partition coefficient (Wildman–Crippen LogP) is 3.08. The minimum Gasteiger partial charge on any atom is -0.493 e. The van der Waals surface area contributed by atoms with Crippen LogP contribution in [0.4, 0.5) is 0 Å². The summed E-state index contributed by atoms with van der Waals surface area (Å²) in [6.45, 7) is 0.314. The number of hydrogen-bond donors (Lipinski definition) is 0. The van der Waals surface area contributed by atoms with Crippen LogP contribution in [0.1, 0.15) is 15.9 Å². The van der Waals surface area contributed by atoms with Crippen LogP contribution in [-0.4, -0.2) is 34.4 Å². The molecular weight excluding hydrogens is 312 g/mol. The highest BCUT2D eigenvalue weighted by molar-refractivity contribution is 5.89. The SMILES string of the molecule is COC(=O)c1ccc(OCc2cc(OC)c(OC)c(OC)c2)cc1. The number of carbonyl (C=O) groups is 1. The highest BCUT2D eigenvalue weighted by Crippen LogP contribution is 2.38. The van der Waals surface area contributed by atoms with Gasteiger partial charge in [0.25, 0.3) is 0 Å². The summed E-state index contributed by atoms with van der Waals surface area (Å²) in [6.07, 6.45) is 0. The van der Waals surface area contributed by atoms with Crippen molar-refractivity contribution in [3.63, 3.8) is 0 Å². The molecule has 2 rings (SSSR count). The van der Waals surface area contributed by atoms with E-state index in [1.807, 2.05) is 12.1 Å². The van der Waals surface area contributed by atoms with Gasteiger partial charge in [0, 0.05) is 0 Å². The maximum Gasteiger partial charge on any atom is 0.337 e. The van der Waals surface area contributed by atoms with Gasteiger partial charge in [-0.25, -0.2) is 4.79 Å². The van der Waals surface area contributed by atoms with Gasteiger partial charge in [-0.05, 0) is 42.0 Å². The van der Waals surface area contributed by atoms with Gasteiger partial charge in [-0.2, -0.15) is 0 Å². The smallest absolute Gasteiger partial charge is 0.337 e. The van der Waals surface area contributed by atoms with Gasteiger partial charge in [0.15, 0.2) is 11.5 Å². The summed E-state index contributed by atoms with van der Waals surface area (Å²) in [6, 6.07) is 10.4. The quantitative estimate of drug-likeness (QED) is 0.726. The molecule has 0 bridgehead atoms. The molecule has 128 valence electrons. The van der Waals surface area contributed by atoms with Crippen molar-refractivity contribution in [3.8, 4) is 23.0 Å². The molecule has 6 heteroatoms. The largest absolute Gasteiger partial charge is 0.493 e. The summed E-state index contributed by atoms with van der Waals surface area (Å²) in [5.74, 6) is 1.92. The lowest BCUT2D eigenvalue weighted by atomic mass is 10.2. The van der Waals surface area contributed by atoms with Crippen LogP contribution in [0.3, 0.4) is 0 Å². The number of esters is 1. The topological polar surface area (TPSA) is 63.2 Å². The van der Waals surface area contributed by atoms with Gasteiger partial charge in [-0.1, -0.05) is 0 Å². The zero-order chi connectivity index (χ0) is 17.5. The van der Waals surface area contributed by atoms with E-state index < -0.39 is 0 Å². The standard InChI is InChI=1S/C18H20O6/c1-20-15-9-12(10-16(21-2)17(15)22-3)11-24-14-7-5-13(6-8-14)18(19)23-4/h5-10H,11H2,1-4H3. The zero-order valence-corrected chi connectivity index (χ0v) is 14.1. The molecule has 0 aromatic heterocycles. The summed E-state index contributed by atoms with van der Waals surface area (Å²) in [7, 11) is 6.03. The van der Waals surface area contributed by atoms with Crippen molar-refractivity contribution in [2.75, 3.05) is 28.4 Å². The molecule has 0 spiro atoms. The number of methoxy groups -OCH3 is 4. The van der Waals surface area contributed by atoms with Gasteiger partial charge in [-0.15, -0.1) is 0 Å². The molecule has 0 aliphatic rings. The van der Waals surface area contributed by atoms with E-state index in [4.69, 9.17) is 18.9 Å². The molecule has 0 saturated heterocycles. The molecule has 2 aromatic rings. The summed E-state index contributed by atoms with van der Waals surface area (Å²) in [5.41, 5.74) is 1.33. The van der Waals surface area contributed by atoms with Crippen LogP contribution in [0.15, 0.2) is 36.4 Å². The maximum atomic E-state index is 11.4. The number of hydrogen-bond acceptors (Lipinski definition) is 6. The molecular formula is C18H20O6. The third-order valence-electron chi connectivity index (χ3n) is 3.41. The second kappa shape index (κ2) is 8.10. The number of ether oxygens (including phenoxy) is 5. The van der Waals surface area contributed by atoms with E-state index in [1.165, 1.54) is 7.11 Å². The highest BCUT2D eigenvalue weighted by Gasteiger charge is 2.13. The Morgan fingerprint density at radius 2 is 1.46 bits per heavy atom. The molecule has 0 heterocycles. The molecule has 6 nitrogen and oxygen atoms in total. The fourth-order valence-corrected chi connectivity index (χ4v) is 2.19. The zero-order valence-electron chi connectivity index (χ0n) is 14.1. The van der Waals surface area contributed by atoms with E-state index in [9.17, 15) is 4.79 Å². The van der Waals surface area contributed by atoms with Gasteiger partial charge < -0.3 is 23.7 Å². The number of rotatable bonds is 7. The minimum atomic E-state index is -0.383. The van der Waals surface area contributed by atoms with Crippen LogP contribution >= 0.6 is 0 Å². The van der Waals surface area contributed by atoms with E-state index >= 15 is 0 Å². The van der Waals surface area contributed by atoms with E-state index in [-0.39, 0.29) is 5.97 Å². The van der Waals surface area contributed by atoms with Crippen LogP contribution < -0.4 is 18.9 Å². The van der Waals surface area contributed by atoms with Crippen LogP contribution in [-0.2, 0) is 11.3 Å². The maximum absolute atomic E-state index is 11.4. The first-order chi connectivity index (χ1) is 11.6. The summed E-state index contributed by atoms with van der Waals surface area (Å²) >= 11 is 0. The van der Waals surface area contributed by atoms with E-state index in [1.54, 1.807) is 45.6 Å². The van der Waals surface area contributed by atoms with E-state index in [0.717, 1.165) is 5.56 Å². The van der Waals surface area contributed by atoms with Crippen LogP contribution in [0.2, 0.25) is 0 Å². The molecule has 24 heavy (non-hydrogen) atoms. The normalized spacial score (nSPS) is 10.0. The molecule has 0 atom stereocenters. The number of carbonyl (C=O) groups excluding carboxylic acids is 1. The van der Waals surface area contributed by atoms with Crippen LogP contribution in [0, 0.1) is 0 Å². The van der Waals surface area contributed by atoms with Crippen LogP contribution in [0.25, 0.3) is 0 Å². The van der Waals surface area contributed by atoms with Crippen molar-refractivity contribution in [2.45, 2.75) is 6.61 Å². The molecule has 0 radical (unpaired) electrons. The second-order valence-corrected chi connectivity index (χ2v) is 4.84. The van der Waals surface area contributed by atoms with Crippen molar-refractivity contribution in [2.24, 2.45) is 0 Å². The third kappa shape index (κ3) is 3.90. The third-order valence-corrected chi connectivity index (χ3v) is 3.41. The molecule has 2 aromatic carbocycles. The predicted molar refractivity (Wildman–Crippen MR) is 88.2 cm³/mol. The second-order valence-electron chi connectivity index (χ2n) is 4.84. The Morgan fingerprint density at radius 1 is 0.875 bits per heavy atom. The minimum absolute atomic E-state index is 0.314. The highest BCUT2D eigenvalue weighted by atomic mass is 16.5. The Hall–Kier alpha value is -2.89. The first kappa shape index (κ1) is 17.5. The lowest BCUT2D eigenvalue weighted by molar-refractivity contribution is 0.0600. The first-order valence-corrected chi connectivity index (χ1v) is 7.23. The summed E-state index contributed by atoms with van der Waals surface area (Å²) in [4.78, 5) is 11.4. The van der Waals surface area contributed by atoms with Crippen molar-refractivity contribution in [1.82, 2.24) is 0 Å². The lowest BCUT2D eigenvalue weighted by Gasteiger charge is -2.14. The Kier molecular flexibility index (Phi) is 5.89. The van der Waals surface area contributed by atoms with Crippen molar-refractivity contribution in [3.05, 3.63) is 47.5 Å². The van der Waals surface area contributed by atoms with Gasteiger partial charge in [0.1, 0.15) is 12.4 Å². The van der Waals surface area contributed by atoms with Crippen LogP contribution in [0.5, 0.6) is 23.0 Å². The van der Waals surface area contributed by atoms with Crippen molar-refractivity contribution >= 4 is 5.97 Å². The molecule has 0 fully saturated rings. The Morgan fingerprint density at radius 3 is 1.92 bits per heavy atom. The van der Waals surface area contributed by atoms with Crippen molar-refractivity contribution in [1.29, 1.82) is 0 Å². The Bertz CT molecular complexity index is 668. The summed E-state index contributed by atoms with van der Waals surface area (Å²) in [5, 5.41) is 0. The molecule has 0 N–H and O–H groups in total. The fourth-order valence-electron chi connectivity index (χ4n) is 2.19.